The minimum Gasteiger partial charge on any atom is -0.493 e. The molecule has 1 aliphatic rings. The molecule has 22 heavy (non-hydrogen) atoms. The van der Waals surface area contributed by atoms with Crippen LogP contribution in [0.5, 0.6) is 5.75 Å². The molecule has 2 rings (SSSR count). The maximum atomic E-state index is 12.2. The van der Waals surface area contributed by atoms with Gasteiger partial charge >= 0.3 is 0 Å². The zero-order valence-corrected chi connectivity index (χ0v) is 14.2. The summed E-state index contributed by atoms with van der Waals surface area (Å²) in [6.45, 7) is 6.27. The van der Waals surface area contributed by atoms with Crippen molar-refractivity contribution in [3.63, 3.8) is 0 Å². The third-order valence-electron chi connectivity index (χ3n) is 3.66. The van der Waals surface area contributed by atoms with Gasteiger partial charge in [-0.25, -0.2) is 13.1 Å². The van der Waals surface area contributed by atoms with Crippen molar-refractivity contribution in [3.05, 3.63) is 24.3 Å². The van der Waals surface area contributed by atoms with Crippen LogP contribution in [-0.4, -0.2) is 34.2 Å². The molecule has 2 N–H and O–H groups in total. The fourth-order valence-corrected chi connectivity index (χ4v) is 3.48. The maximum Gasteiger partial charge on any atom is 0.240 e. The van der Waals surface area contributed by atoms with Crippen LogP contribution in [0.2, 0.25) is 0 Å². The Balaban J connectivity index is 1.85. The largest absolute Gasteiger partial charge is 0.493 e. The number of rotatable bonds is 8. The lowest BCUT2D eigenvalue weighted by atomic mass is 10.2. The minimum atomic E-state index is -3.43. The normalized spacial score (nSPS) is 18.8. The SMILES string of the molecule is CC(C)COc1ccc(S(=O)(=O)NCC[C@H]2CCCN2)cc1. The van der Waals surface area contributed by atoms with E-state index in [0.29, 0.717) is 30.9 Å². The Hall–Kier alpha value is -1.11. The molecule has 124 valence electrons. The van der Waals surface area contributed by atoms with Crippen LogP contribution in [0.3, 0.4) is 0 Å². The lowest BCUT2D eigenvalue weighted by Crippen LogP contribution is -2.30. The van der Waals surface area contributed by atoms with Gasteiger partial charge in [-0.15, -0.1) is 0 Å². The van der Waals surface area contributed by atoms with Gasteiger partial charge in [0.15, 0.2) is 0 Å². The van der Waals surface area contributed by atoms with Crippen molar-refractivity contribution >= 4 is 10.0 Å². The number of nitrogens with one attached hydrogen (secondary N) is 2. The fraction of sp³-hybridized carbons (Fsp3) is 0.625. The molecule has 1 fully saturated rings. The van der Waals surface area contributed by atoms with E-state index in [0.717, 1.165) is 19.4 Å². The van der Waals surface area contributed by atoms with Crippen LogP contribution in [0.4, 0.5) is 0 Å². The van der Waals surface area contributed by atoms with Crippen molar-refractivity contribution in [1.82, 2.24) is 10.0 Å². The lowest BCUT2D eigenvalue weighted by Gasteiger charge is -2.12. The molecule has 0 amide bonds. The van der Waals surface area contributed by atoms with Crippen LogP contribution < -0.4 is 14.8 Å². The zero-order chi connectivity index (χ0) is 16.0. The van der Waals surface area contributed by atoms with E-state index < -0.39 is 10.0 Å². The fourth-order valence-electron chi connectivity index (χ4n) is 2.43. The maximum absolute atomic E-state index is 12.2. The average molecular weight is 326 g/mol. The molecule has 1 aliphatic heterocycles. The van der Waals surface area contributed by atoms with Crippen molar-refractivity contribution in [1.29, 1.82) is 0 Å². The Labute approximate surface area is 133 Å². The van der Waals surface area contributed by atoms with Crippen molar-refractivity contribution in [3.8, 4) is 5.75 Å². The molecule has 1 aromatic carbocycles. The van der Waals surface area contributed by atoms with Gasteiger partial charge in [0.25, 0.3) is 0 Å². The summed E-state index contributed by atoms with van der Waals surface area (Å²) in [6.07, 6.45) is 3.13. The minimum absolute atomic E-state index is 0.281. The number of hydrogen-bond donors (Lipinski definition) is 2. The zero-order valence-electron chi connectivity index (χ0n) is 13.3. The van der Waals surface area contributed by atoms with E-state index in [9.17, 15) is 8.42 Å². The second kappa shape index (κ2) is 7.94. The molecule has 1 heterocycles. The summed E-state index contributed by atoms with van der Waals surface area (Å²) in [4.78, 5) is 0.281. The Morgan fingerprint density at radius 1 is 1.32 bits per heavy atom. The van der Waals surface area contributed by atoms with Crippen LogP contribution in [0, 0.1) is 5.92 Å². The van der Waals surface area contributed by atoms with E-state index >= 15 is 0 Å². The van der Waals surface area contributed by atoms with Crippen LogP contribution in [-0.2, 0) is 10.0 Å². The van der Waals surface area contributed by atoms with Crippen molar-refractivity contribution in [2.45, 2.75) is 44.0 Å². The van der Waals surface area contributed by atoms with Crippen LogP contribution in [0.1, 0.15) is 33.1 Å². The molecule has 0 unspecified atom stereocenters. The van der Waals surface area contributed by atoms with Gasteiger partial charge in [0.05, 0.1) is 11.5 Å². The molecule has 1 saturated heterocycles. The molecular weight excluding hydrogens is 300 g/mol. The van der Waals surface area contributed by atoms with E-state index in [-0.39, 0.29) is 4.90 Å². The van der Waals surface area contributed by atoms with E-state index in [4.69, 9.17) is 4.74 Å². The van der Waals surface area contributed by atoms with E-state index in [1.54, 1.807) is 24.3 Å². The molecule has 6 heteroatoms. The third-order valence-corrected chi connectivity index (χ3v) is 5.14. The van der Waals surface area contributed by atoms with E-state index in [1.165, 1.54) is 6.42 Å². The Bertz CT molecular complexity index is 549. The summed E-state index contributed by atoms with van der Waals surface area (Å²) in [5.74, 6) is 1.14. The summed E-state index contributed by atoms with van der Waals surface area (Å²) < 4.78 is 32.6. The molecule has 5 nitrogen and oxygen atoms in total. The van der Waals surface area contributed by atoms with Gasteiger partial charge < -0.3 is 10.1 Å². The number of sulfonamides is 1. The van der Waals surface area contributed by atoms with Gasteiger partial charge in [0.2, 0.25) is 10.0 Å². The molecule has 0 spiro atoms. The van der Waals surface area contributed by atoms with Crippen LogP contribution >= 0.6 is 0 Å². The highest BCUT2D eigenvalue weighted by molar-refractivity contribution is 7.89. The first-order valence-corrected chi connectivity index (χ1v) is 9.41. The van der Waals surface area contributed by atoms with Gasteiger partial charge in [-0.1, -0.05) is 13.8 Å². The average Bonchev–Trinajstić information content (AvgIpc) is 2.98. The van der Waals surface area contributed by atoms with Gasteiger partial charge in [-0.3, -0.25) is 0 Å². The van der Waals surface area contributed by atoms with E-state index in [1.807, 2.05) is 0 Å². The number of ether oxygens (including phenoxy) is 1. The molecule has 0 aromatic heterocycles. The molecule has 0 bridgehead atoms. The Morgan fingerprint density at radius 3 is 2.64 bits per heavy atom. The molecule has 1 atom stereocenters. The Morgan fingerprint density at radius 2 is 2.05 bits per heavy atom. The summed E-state index contributed by atoms with van der Waals surface area (Å²) >= 11 is 0. The third kappa shape index (κ3) is 5.26. The molecular formula is C16H26N2O3S. The highest BCUT2D eigenvalue weighted by Gasteiger charge is 2.17. The van der Waals surface area contributed by atoms with Gasteiger partial charge in [0, 0.05) is 12.6 Å². The smallest absolute Gasteiger partial charge is 0.240 e. The predicted octanol–water partition coefficient (Wildman–Crippen LogP) is 2.14. The van der Waals surface area contributed by atoms with Crippen LogP contribution in [0.15, 0.2) is 29.2 Å². The van der Waals surface area contributed by atoms with Crippen molar-refractivity contribution in [2.24, 2.45) is 5.92 Å². The van der Waals surface area contributed by atoms with Gasteiger partial charge in [-0.05, 0) is 56.0 Å². The highest BCUT2D eigenvalue weighted by atomic mass is 32.2. The number of hydrogen-bond acceptors (Lipinski definition) is 4. The first-order valence-electron chi connectivity index (χ1n) is 7.93. The molecule has 0 aliphatic carbocycles. The molecule has 0 saturated carbocycles. The monoisotopic (exact) mass is 326 g/mol. The standard InChI is InChI=1S/C16H26N2O3S/c1-13(2)12-21-15-5-7-16(8-6-15)22(19,20)18-11-9-14-4-3-10-17-14/h5-8,13-14,17-18H,3-4,9-12H2,1-2H3/t14-/m1/s1. The summed E-state index contributed by atoms with van der Waals surface area (Å²) in [6, 6.07) is 7.03. The molecule has 0 radical (unpaired) electrons. The van der Waals surface area contributed by atoms with Gasteiger partial charge in [-0.2, -0.15) is 0 Å². The highest BCUT2D eigenvalue weighted by Crippen LogP contribution is 2.17. The quantitative estimate of drug-likeness (QED) is 0.768. The first-order chi connectivity index (χ1) is 10.5. The number of benzene rings is 1. The van der Waals surface area contributed by atoms with Crippen molar-refractivity contribution in [2.75, 3.05) is 19.7 Å². The predicted molar refractivity (Wildman–Crippen MR) is 87.6 cm³/mol. The van der Waals surface area contributed by atoms with Crippen molar-refractivity contribution < 1.29 is 13.2 Å². The second-order valence-corrected chi connectivity index (χ2v) is 7.92. The molecule has 1 aromatic rings. The summed E-state index contributed by atoms with van der Waals surface area (Å²) in [7, 11) is -3.43. The Kier molecular flexibility index (Phi) is 6.23. The first kappa shape index (κ1) is 17.2. The second-order valence-electron chi connectivity index (χ2n) is 6.16. The van der Waals surface area contributed by atoms with Gasteiger partial charge in [0.1, 0.15) is 5.75 Å². The summed E-state index contributed by atoms with van der Waals surface area (Å²) in [5, 5.41) is 3.36. The summed E-state index contributed by atoms with van der Waals surface area (Å²) in [5.41, 5.74) is 0. The lowest BCUT2D eigenvalue weighted by molar-refractivity contribution is 0.271. The van der Waals surface area contributed by atoms with E-state index in [2.05, 4.69) is 23.9 Å². The van der Waals surface area contributed by atoms with Crippen LogP contribution in [0.25, 0.3) is 0 Å². The topological polar surface area (TPSA) is 67.4 Å².